The SMILES string of the molecule is CC1(C)O[C@@H]([C@H](F)C#CCOCc2ccccc2)[C@H](COCc2ccccc2)O1. The first-order valence-corrected chi connectivity index (χ1v) is 9.75. The minimum absolute atomic E-state index is 0.154. The second-order valence-electron chi connectivity index (χ2n) is 7.34. The molecule has 0 bridgehead atoms. The fourth-order valence-electron chi connectivity index (χ4n) is 3.12. The molecule has 2 aromatic carbocycles. The van der Waals surface area contributed by atoms with Gasteiger partial charge in [-0.25, -0.2) is 4.39 Å². The van der Waals surface area contributed by atoms with Gasteiger partial charge in [0.25, 0.3) is 0 Å². The predicted molar refractivity (Wildman–Crippen MR) is 109 cm³/mol. The second kappa shape index (κ2) is 10.5. The summed E-state index contributed by atoms with van der Waals surface area (Å²) in [5, 5.41) is 0. The molecule has 154 valence electrons. The number of benzene rings is 2. The summed E-state index contributed by atoms with van der Waals surface area (Å²) >= 11 is 0. The van der Waals surface area contributed by atoms with E-state index in [1.54, 1.807) is 13.8 Å². The largest absolute Gasteiger partial charge is 0.374 e. The van der Waals surface area contributed by atoms with Crippen LogP contribution in [0.3, 0.4) is 0 Å². The van der Waals surface area contributed by atoms with Gasteiger partial charge in [-0.1, -0.05) is 72.5 Å². The predicted octanol–water partition coefficient (Wildman–Crippen LogP) is 4.28. The zero-order valence-corrected chi connectivity index (χ0v) is 16.8. The summed E-state index contributed by atoms with van der Waals surface area (Å²) in [6.45, 7) is 4.79. The van der Waals surface area contributed by atoms with Crippen LogP contribution in [0.2, 0.25) is 0 Å². The molecule has 1 aliphatic rings. The number of halogens is 1. The normalized spacial score (nSPS) is 21.3. The van der Waals surface area contributed by atoms with Crippen LogP contribution in [0.15, 0.2) is 60.7 Å². The number of hydrogen-bond donors (Lipinski definition) is 0. The minimum atomic E-state index is -1.48. The quantitative estimate of drug-likeness (QED) is 0.491. The van der Waals surface area contributed by atoms with Crippen molar-refractivity contribution in [2.24, 2.45) is 0 Å². The molecule has 2 aromatic rings. The first kappa shape index (κ1) is 21.5. The maximum absolute atomic E-state index is 14.7. The van der Waals surface area contributed by atoms with Gasteiger partial charge in [-0.05, 0) is 25.0 Å². The molecule has 4 nitrogen and oxygen atoms in total. The van der Waals surface area contributed by atoms with E-state index >= 15 is 0 Å². The van der Waals surface area contributed by atoms with Gasteiger partial charge in [0.1, 0.15) is 18.8 Å². The van der Waals surface area contributed by atoms with Crippen LogP contribution < -0.4 is 0 Å². The van der Waals surface area contributed by atoms with Crippen LogP contribution in [-0.4, -0.2) is 37.4 Å². The highest BCUT2D eigenvalue weighted by molar-refractivity contribution is 5.15. The Balaban J connectivity index is 1.47. The van der Waals surface area contributed by atoms with E-state index in [2.05, 4.69) is 11.8 Å². The third-order valence-corrected chi connectivity index (χ3v) is 4.43. The number of rotatable bonds is 8. The van der Waals surface area contributed by atoms with Crippen LogP contribution in [0.25, 0.3) is 0 Å². The van der Waals surface area contributed by atoms with E-state index in [-0.39, 0.29) is 13.2 Å². The molecule has 1 aliphatic heterocycles. The van der Waals surface area contributed by atoms with E-state index < -0.39 is 24.2 Å². The van der Waals surface area contributed by atoms with Gasteiger partial charge in [-0.3, -0.25) is 0 Å². The molecule has 0 N–H and O–H groups in total. The van der Waals surface area contributed by atoms with Crippen molar-refractivity contribution < 1.29 is 23.3 Å². The third-order valence-electron chi connectivity index (χ3n) is 4.43. The lowest BCUT2D eigenvalue weighted by Gasteiger charge is -2.17. The molecule has 0 radical (unpaired) electrons. The minimum Gasteiger partial charge on any atom is -0.374 e. The topological polar surface area (TPSA) is 36.9 Å². The summed E-state index contributed by atoms with van der Waals surface area (Å²) in [5.41, 5.74) is 2.10. The van der Waals surface area contributed by atoms with Crippen LogP contribution in [0.5, 0.6) is 0 Å². The molecule has 0 aliphatic carbocycles. The number of hydrogen-bond acceptors (Lipinski definition) is 4. The lowest BCUT2D eigenvalue weighted by molar-refractivity contribution is -0.153. The summed E-state index contributed by atoms with van der Waals surface area (Å²) < 4.78 is 37.5. The van der Waals surface area contributed by atoms with Crippen molar-refractivity contribution in [2.45, 2.75) is 51.2 Å². The highest BCUT2D eigenvalue weighted by Crippen LogP contribution is 2.31. The van der Waals surface area contributed by atoms with Crippen LogP contribution >= 0.6 is 0 Å². The fraction of sp³-hybridized carbons (Fsp3) is 0.417. The van der Waals surface area contributed by atoms with Crippen molar-refractivity contribution in [1.82, 2.24) is 0 Å². The molecule has 29 heavy (non-hydrogen) atoms. The highest BCUT2D eigenvalue weighted by Gasteiger charge is 2.45. The van der Waals surface area contributed by atoms with Crippen LogP contribution in [0, 0.1) is 11.8 Å². The standard InChI is InChI=1S/C24H27FO4/c1-24(2)28-22(18-27-17-20-12-7-4-8-13-20)23(29-24)21(25)14-9-15-26-16-19-10-5-3-6-11-19/h3-8,10-13,21-23H,15-18H2,1-2H3/t21-,22+,23+/m1/s1. The van der Waals surface area contributed by atoms with Gasteiger partial charge in [0, 0.05) is 0 Å². The summed E-state index contributed by atoms with van der Waals surface area (Å²) in [6.07, 6.45) is -2.81. The zero-order chi connectivity index (χ0) is 20.5. The summed E-state index contributed by atoms with van der Waals surface area (Å²) in [6, 6.07) is 19.6. The first-order chi connectivity index (χ1) is 14.0. The molecular formula is C24H27FO4. The summed E-state index contributed by atoms with van der Waals surface area (Å²) in [5.74, 6) is 4.45. The van der Waals surface area contributed by atoms with E-state index in [1.807, 2.05) is 60.7 Å². The molecule has 0 unspecified atom stereocenters. The zero-order valence-electron chi connectivity index (χ0n) is 16.8. The molecule has 1 heterocycles. The Bertz CT molecular complexity index is 798. The molecule has 5 heteroatoms. The smallest absolute Gasteiger partial charge is 0.189 e. The van der Waals surface area contributed by atoms with Gasteiger partial charge >= 0.3 is 0 Å². The lowest BCUT2D eigenvalue weighted by Crippen LogP contribution is -2.35. The van der Waals surface area contributed by atoms with Gasteiger partial charge in [0.05, 0.1) is 19.8 Å². The van der Waals surface area contributed by atoms with E-state index in [0.29, 0.717) is 13.2 Å². The molecule has 0 saturated carbocycles. The van der Waals surface area contributed by atoms with Gasteiger partial charge in [0.15, 0.2) is 12.0 Å². The Morgan fingerprint density at radius 2 is 1.52 bits per heavy atom. The van der Waals surface area contributed by atoms with E-state index in [1.165, 1.54) is 0 Å². The van der Waals surface area contributed by atoms with Crippen molar-refractivity contribution in [3.63, 3.8) is 0 Å². The van der Waals surface area contributed by atoms with Crippen LogP contribution in [0.1, 0.15) is 25.0 Å². The summed E-state index contributed by atoms with van der Waals surface area (Å²) in [4.78, 5) is 0. The van der Waals surface area contributed by atoms with E-state index in [4.69, 9.17) is 18.9 Å². The maximum atomic E-state index is 14.7. The average molecular weight is 398 g/mol. The van der Waals surface area contributed by atoms with Gasteiger partial charge in [-0.15, -0.1) is 0 Å². The van der Waals surface area contributed by atoms with Crippen LogP contribution in [0.4, 0.5) is 4.39 Å². The molecule has 0 spiro atoms. The Morgan fingerprint density at radius 3 is 2.14 bits per heavy atom. The molecule has 1 fully saturated rings. The maximum Gasteiger partial charge on any atom is 0.189 e. The van der Waals surface area contributed by atoms with Crippen molar-refractivity contribution >= 4 is 0 Å². The highest BCUT2D eigenvalue weighted by atomic mass is 19.1. The fourth-order valence-corrected chi connectivity index (χ4v) is 3.12. The van der Waals surface area contributed by atoms with Gasteiger partial charge in [0.2, 0.25) is 0 Å². The van der Waals surface area contributed by atoms with E-state index in [0.717, 1.165) is 11.1 Å². The Labute approximate surface area is 171 Å². The Kier molecular flexibility index (Phi) is 7.79. The monoisotopic (exact) mass is 398 g/mol. The van der Waals surface area contributed by atoms with Gasteiger partial charge in [-0.2, -0.15) is 0 Å². The average Bonchev–Trinajstić information content (AvgIpc) is 3.04. The Hall–Kier alpha value is -2.23. The molecule has 0 amide bonds. The summed E-state index contributed by atoms with van der Waals surface area (Å²) in [7, 11) is 0. The van der Waals surface area contributed by atoms with Crippen molar-refractivity contribution in [2.75, 3.05) is 13.2 Å². The molecule has 0 aromatic heterocycles. The van der Waals surface area contributed by atoms with E-state index in [9.17, 15) is 4.39 Å². The van der Waals surface area contributed by atoms with Crippen LogP contribution in [-0.2, 0) is 32.2 Å². The second-order valence-corrected chi connectivity index (χ2v) is 7.34. The lowest BCUT2D eigenvalue weighted by atomic mass is 10.1. The Morgan fingerprint density at radius 1 is 0.931 bits per heavy atom. The third kappa shape index (κ3) is 6.95. The molecule has 3 atom stereocenters. The first-order valence-electron chi connectivity index (χ1n) is 9.75. The number of alkyl halides is 1. The van der Waals surface area contributed by atoms with Gasteiger partial charge < -0.3 is 18.9 Å². The molecule has 1 saturated heterocycles. The van der Waals surface area contributed by atoms with Crippen molar-refractivity contribution in [3.05, 3.63) is 71.8 Å². The van der Waals surface area contributed by atoms with Crippen molar-refractivity contribution in [1.29, 1.82) is 0 Å². The molecular weight excluding hydrogens is 371 g/mol. The number of ether oxygens (including phenoxy) is 4. The van der Waals surface area contributed by atoms with Crippen molar-refractivity contribution in [3.8, 4) is 11.8 Å². The molecule has 3 rings (SSSR count).